The van der Waals surface area contributed by atoms with Crippen LogP contribution in [0.25, 0.3) is 0 Å². The molecule has 0 aromatic rings. The average Bonchev–Trinajstić information content (AvgIpc) is 2.27. The average molecular weight is 246 g/mol. The lowest BCUT2D eigenvalue weighted by atomic mass is 9.90. The van der Waals surface area contributed by atoms with Crippen LogP contribution in [-0.2, 0) is 4.79 Å². The van der Waals surface area contributed by atoms with Crippen LogP contribution in [0.2, 0.25) is 0 Å². The molecule has 2 rings (SSSR count). The zero-order valence-corrected chi connectivity index (χ0v) is 11.5. The number of hydrogen-bond acceptors (Lipinski definition) is 1. The molecule has 0 aromatic carbocycles. The molecule has 0 aliphatic heterocycles. The van der Waals surface area contributed by atoms with Gasteiger partial charge in [-0.1, -0.05) is 37.8 Å². The van der Waals surface area contributed by atoms with Gasteiger partial charge in [0.2, 0.25) is 0 Å². The van der Waals surface area contributed by atoms with E-state index in [4.69, 9.17) is 0 Å². The van der Waals surface area contributed by atoms with Gasteiger partial charge in [0.05, 0.1) is 0 Å². The maximum atomic E-state index is 12.5. The molecule has 0 atom stereocenters. The molecule has 18 heavy (non-hydrogen) atoms. The summed E-state index contributed by atoms with van der Waals surface area (Å²) in [6.07, 6.45) is 18.9. The molecule has 0 heterocycles. The fraction of sp³-hybridized carbons (Fsp3) is 0.706. The first kappa shape index (κ1) is 13.6. The summed E-state index contributed by atoms with van der Waals surface area (Å²) in [4.78, 5) is 12.5. The molecular formula is C17H26O. The molecule has 0 saturated carbocycles. The second-order valence-electron chi connectivity index (χ2n) is 5.69. The van der Waals surface area contributed by atoms with Gasteiger partial charge in [-0.05, 0) is 62.5 Å². The summed E-state index contributed by atoms with van der Waals surface area (Å²) in [6, 6.07) is 0. The molecule has 1 nitrogen and oxygen atoms in total. The Morgan fingerprint density at radius 3 is 1.61 bits per heavy atom. The van der Waals surface area contributed by atoms with Crippen molar-refractivity contribution in [3.8, 4) is 0 Å². The monoisotopic (exact) mass is 246 g/mol. The highest BCUT2D eigenvalue weighted by atomic mass is 16.1. The Bertz CT molecular complexity index is 304. The molecule has 0 saturated heterocycles. The maximum Gasteiger partial charge on any atom is 0.184 e. The Labute approximate surface area is 111 Å². The summed E-state index contributed by atoms with van der Waals surface area (Å²) < 4.78 is 0. The SMILES string of the molecule is O=C(C1=CCCCCCC1)C1=CCCCCCC1. The second-order valence-corrected chi connectivity index (χ2v) is 5.69. The van der Waals surface area contributed by atoms with E-state index >= 15 is 0 Å². The van der Waals surface area contributed by atoms with Crippen LogP contribution in [0.1, 0.15) is 77.0 Å². The number of rotatable bonds is 2. The largest absolute Gasteiger partial charge is 0.289 e. The summed E-state index contributed by atoms with van der Waals surface area (Å²) >= 11 is 0. The number of ketones is 1. The van der Waals surface area contributed by atoms with E-state index < -0.39 is 0 Å². The van der Waals surface area contributed by atoms with Gasteiger partial charge in [-0.2, -0.15) is 0 Å². The minimum Gasteiger partial charge on any atom is -0.289 e. The van der Waals surface area contributed by atoms with Crippen LogP contribution in [0.5, 0.6) is 0 Å². The Morgan fingerprint density at radius 1 is 0.667 bits per heavy atom. The molecule has 0 amide bonds. The molecular weight excluding hydrogens is 220 g/mol. The van der Waals surface area contributed by atoms with E-state index in [-0.39, 0.29) is 0 Å². The maximum absolute atomic E-state index is 12.5. The van der Waals surface area contributed by atoms with Crippen LogP contribution in [0, 0.1) is 0 Å². The standard InChI is InChI=1S/C17H26O/c18-17(15-11-7-3-1-4-8-12-15)16-13-9-5-2-6-10-14-16/h11,13H,1-10,12,14H2. The molecule has 0 unspecified atom stereocenters. The van der Waals surface area contributed by atoms with Crippen LogP contribution < -0.4 is 0 Å². The fourth-order valence-electron chi connectivity index (χ4n) is 3.00. The van der Waals surface area contributed by atoms with Gasteiger partial charge in [0, 0.05) is 0 Å². The van der Waals surface area contributed by atoms with Gasteiger partial charge in [-0.3, -0.25) is 4.79 Å². The van der Waals surface area contributed by atoms with E-state index in [1.807, 2.05) is 0 Å². The molecule has 0 aromatic heterocycles. The molecule has 100 valence electrons. The third-order valence-electron chi connectivity index (χ3n) is 4.17. The summed E-state index contributed by atoms with van der Waals surface area (Å²) in [5, 5.41) is 0. The second kappa shape index (κ2) is 7.56. The number of hydrogen-bond donors (Lipinski definition) is 0. The predicted molar refractivity (Wildman–Crippen MR) is 76.6 cm³/mol. The predicted octanol–water partition coefficient (Wildman–Crippen LogP) is 5.12. The first-order valence-electron chi connectivity index (χ1n) is 7.81. The third kappa shape index (κ3) is 4.12. The molecule has 2 aliphatic carbocycles. The number of carbonyl (C=O) groups excluding carboxylic acids is 1. The van der Waals surface area contributed by atoms with Crippen molar-refractivity contribution in [2.24, 2.45) is 0 Å². The van der Waals surface area contributed by atoms with Crippen LogP contribution >= 0.6 is 0 Å². The van der Waals surface area contributed by atoms with Gasteiger partial charge in [0.1, 0.15) is 0 Å². The smallest absolute Gasteiger partial charge is 0.184 e. The molecule has 0 N–H and O–H groups in total. The lowest BCUT2D eigenvalue weighted by molar-refractivity contribution is -0.112. The lowest BCUT2D eigenvalue weighted by Gasteiger charge is -2.14. The van der Waals surface area contributed by atoms with Crippen molar-refractivity contribution in [3.63, 3.8) is 0 Å². The fourth-order valence-corrected chi connectivity index (χ4v) is 3.00. The first-order chi connectivity index (χ1) is 8.88. The van der Waals surface area contributed by atoms with Crippen LogP contribution in [0.3, 0.4) is 0 Å². The van der Waals surface area contributed by atoms with Crippen molar-refractivity contribution < 1.29 is 4.79 Å². The Morgan fingerprint density at radius 2 is 1.11 bits per heavy atom. The summed E-state index contributed by atoms with van der Waals surface area (Å²) in [7, 11) is 0. The molecule has 0 spiro atoms. The third-order valence-corrected chi connectivity index (χ3v) is 4.17. The molecule has 1 heteroatoms. The highest BCUT2D eigenvalue weighted by Crippen LogP contribution is 2.24. The summed E-state index contributed by atoms with van der Waals surface area (Å²) in [5.41, 5.74) is 2.23. The van der Waals surface area contributed by atoms with Crippen molar-refractivity contribution in [3.05, 3.63) is 23.3 Å². The zero-order valence-electron chi connectivity index (χ0n) is 11.5. The van der Waals surface area contributed by atoms with Gasteiger partial charge in [0.25, 0.3) is 0 Å². The lowest BCUT2D eigenvalue weighted by Crippen LogP contribution is -2.09. The van der Waals surface area contributed by atoms with Gasteiger partial charge < -0.3 is 0 Å². The quantitative estimate of drug-likeness (QED) is 0.661. The van der Waals surface area contributed by atoms with Gasteiger partial charge in [0.15, 0.2) is 5.78 Å². The van der Waals surface area contributed by atoms with E-state index in [0.717, 1.165) is 36.8 Å². The minimum atomic E-state index is 0.374. The van der Waals surface area contributed by atoms with E-state index in [9.17, 15) is 4.79 Å². The van der Waals surface area contributed by atoms with Crippen molar-refractivity contribution in [2.75, 3.05) is 0 Å². The number of allylic oxidation sites excluding steroid dienone is 4. The van der Waals surface area contributed by atoms with Crippen molar-refractivity contribution >= 4 is 5.78 Å². The molecule has 2 aliphatic rings. The van der Waals surface area contributed by atoms with Gasteiger partial charge in [-0.25, -0.2) is 0 Å². The number of carbonyl (C=O) groups is 1. The Kier molecular flexibility index (Phi) is 5.70. The highest BCUT2D eigenvalue weighted by molar-refractivity contribution is 6.08. The van der Waals surface area contributed by atoms with Crippen LogP contribution in [0.15, 0.2) is 23.3 Å². The van der Waals surface area contributed by atoms with Crippen LogP contribution in [0.4, 0.5) is 0 Å². The van der Waals surface area contributed by atoms with E-state index in [1.165, 1.54) is 51.4 Å². The Hall–Kier alpha value is -0.850. The molecule has 0 radical (unpaired) electrons. The highest BCUT2D eigenvalue weighted by Gasteiger charge is 2.16. The van der Waals surface area contributed by atoms with E-state index in [1.54, 1.807) is 0 Å². The normalized spacial score (nSPS) is 22.9. The number of Topliss-reactive ketones (excluding diaryl/α,β-unsaturated/α-hetero) is 1. The minimum absolute atomic E-state index is 0.374. The van der Waals surface area contributed by atoms with Gasteiger partial charge in [-0.15, -0.1) is 0 Å². The Balaban J connectivity index is 2.03. The van der Waals surface area contributed by atoms with Gasteiger partial charge >= 0.3 is 0 Å². The molecule has 0 bridgehead atoms. The van der Waals surface area contributed by atoms with Crippen molar-refractivity contribution in [1.82, 2.24) is 0 Å². The topological polar surface area (TPSA) is 17.1 Å². The summed E-state index contributed by atoms with van der Waals surface area (Å²) in [5.74, 6) is 0.374. The zero-order chi connectivity index (χ0) is 12.6. The van der Waals surface area contributed by atoms with Crippen LogP contribution in [-0.4, -0.2) is 5.78 Å². The van der Waals surface area contributed by atoms with E-state index in [2.05, 4.69) is 12.2 Å². The molecule has 0 fully saturated rings. The summed E-state index contributed by atoms with van der Waals surface area (Å²) in [6.45, 7) is 0. The van der Waals surface area contributed by atoms with E-state index in [0.29, 0.717) is 5.78 Å². The first-order valence-corrected chi connectivity index (χ1v) is 7.81. The van der Waals surface area contributed by atoms with Crippen molar-refractivity contribution in [2.45, 2.75) is 77.0 Å². The van der Waals surface area contributed by atoms with Crippen molar-refractivity contribution in [1.29, 1.82) is 0 Å².